The van der Waals surface area contributed by atoms with Gasteiger partial charge in [0.2, 0.25) is 5.91 Å². The molecule has 0 aliphatic heterocycles. The van der Waals surface area contributed by atoms with Crippen molar-refractivity contribution in [3.63, 3.8) is 0 Å². The number of amides is 2. The Balaban J connectivity index is 1.43. The molecule has 0 radical (unpaired) electrons. The third-order valence-corrected chi connectivity index (χ3v) is 7.09. The molecular formula is C26H30N2O5. The van der Waals surface area contributed by atoms with Gasteiger partial charge in [0.15, 0.2) is 0 Å². The molecular weight excluding hydrogens is 420 g/mol. The number of benzene rings is 2. The van der Waals surface area contributed by atoms with E-state index in [1.807, 2.05) is 48.5 Å². The Morgan fingerprint density at radius 1 is 1.09 bits per heavy atom. The molecule has 0 aromatic heterocycles. The number of fused-ring (bicyclic) bond motifs is 3. The first kappa shape index (κ1) is 22.8. The SMILES string of the molecule is CN(C(=O)C(CC(=O)O)NC(=O)OCC1c2ccccc2-c2ccccc21)C1CCC1(C)C. The van der Waals surface area contributed by atoms with Crippen LogP contribution in [-0.2, 0) is 14.3 Å². The van der Waals surface area contributed by atoms with Crippen LogP contribution in [0.25, 0.3) is 11.1 Å². The maximum Gasteiger partial charge on any atom is 0.407 e. The van der Waals surface area contributed by atoms with Crippen LogP contribution >= 0.6 is 0 Å². The number of likely N-dealkylation sites (N-methyl/N-ethyl adjacent to an activating group) is 1. The van der Waals surface area contributed by atoms with Gasteiger partial charge < -0.3 is 20.1 Å². The van der Waals surface area contributed by atoms with Crippen LogP contribution in [0.5, 0.6) is 0 Å². The predicted molar refractivity (Wildman–Crippen MR) is 124 cm³/mol. The fourth-order valence-electron chi connectivity index (χ4n) is 5.13. The molecule has 33 heavy (non-hydrogen) atoms. The van der Waals surface area contributed by atoms with E-state index in [1.165, 1.54) is 0 Å². The summed E-state index contributed by atoms with van der Waals surface area (Å²) in [5.74, 6) is -1.69. The van der Waals surface area contributed by atoms with Crippen molar-refractivity contribution in [3.8, 4) is 11.1 Å². The number of rotatable bonds is 7. The van der Waals surface area contributed by atoms with Crippen molar-refractivity contribution >= 4 is 18.0 Å². The van der Waals surface area contributed by atoms with Crippen LogP contribution in [0.1, 0.15) is 50.2 Å². The lowest BCUT2D eigenvalue weighted by atomic mass is 9.66. The standard InChI is InChI=1S/C26H30N2O5/c1-26(2)13-12-22(26)28(3)24(31)21(14-23(29)30)27-25(32)33-15-20-18-10-6-4-8-16(18)17-9-5-7-11-19(17)20/h4-11,20-22H,12-15H2,1-3H3,(H,27,32)(H,29,30). The van der Waals surface area contributed by atoms with E-state index in [9.17, 15) is 19.5 Å². The molecule has 2 aromatic carbocycles. The average Bonchev–Trinajstić information content (AvgIpc) is 3.09. The second kappa shape index (κ2) is 8.89. The molecule has 0 saturated heterocycles. The van der Waals surface area contributed by atoms with E-state index in [1.54, 1.807) is 11.9 Å². The summed E-state index contributed by atoms with van der Waals surface area (Å²) in [5.41, 5.74) is 4.37. The Morgan fingerprint density at radius 2 is 1.67 bits per heavy atom. The number of carboxylic acid groups (broad SMARTS) is 1. The first-order valence-corrected chi connectivity index (χ1v) is 11.3. The van der Waals surface area contributed by atoms with Gasteiger partial charge >= 0.3 is 12.1 Å². The molecule has 2 amide bonds. The van der Waals surface area contributed by atoms with Gasteiger partial charge in [-0.05, 0) is 40.5 Å². The van der Waals surface area contributed by atoms with E-state index in [2.05, 4.69) is 19.2 Å². The number of nitrogens with one attached hydrogen (secondary N) is 1. The summed E-state index contributed by atoms with van der Waals surface area (Å²) in [7, 11) is 1.67. The normalized spacial score (nSPS) is 18.9. The largest absolute Gasteiger partial charge is 0.481 e. The van der Waals surface area contributed by atoms with E-state index in [4.69, 9.17) is 4.74 Å². The highest BCUT2D eigenvalue weighted by molar-refractivity contribution is 5.89. The highest BCUT2D eigenvalue weighted by Crippen LogP contribution is 2.45. The molecule has 7 heteroatoms. The first-order chi connectivity index (χ1) is 15.7. The maximum atomic E-state index is 13.0. The second-order valence-corrected chi connectivity index (χ2v) is 9.61. The van der Waals surface area contributed by atoms with Crippen molar-refractivity contribution in [1.29, 1.82) is 0 Å². The maximum absolute atomic E-state index is 13.0. The molecule has 2 atom stereocenters. The van der Waals surface area contributed by atoms with Crippen LogP contribution in [0, 0.1) is 5.41 Å². The van der Waals surface area contributed by atoms with Crippen molar-refractivity contribution < 1.29 is 24.2 Å². The fourth-order valence-corrected chi connectivity index (χ4v) is 5.13. The van der Waals surface area contributed by atoms with Crippen LogP contribution < -0.4 is 5.32 Å². The van der Waals surface area contributed by atoms with Crippen LogP contribution in [0.2, 0.25) is 0 Å². The minimum Gasteiger partial charge on any atom is -0.481 e. The first-order valence-electron chi connectivity index (χ1n) is 11.3. The van der Waals surface area contributed by atoms with Gasteiger partial charge in [0.25, 0.3) is 0 Å². The van der Waals surface area contributed by atoms with Gasteiger partial charge in [0, 0.05) is 19.0 Å². The van der Waals surface area contributed by atoms with Crippen molar-refractivity contribution in [2.45, 2.75) is 51.1 Å². The number of ether oxygens (including phenoxy) is 1. The molecule has 2 N–H and O–H groups in total. The lowest BCUT2D eigenvalue weighted by Crippen LogP contribution is -2.58. The van der Waals surface area contributed by atoms with Crippen LogP contribution in [-0.4, -0.2) is 53.7 Å². The Hall–Kier alpha value is -3.35. The molecule has 4 rings (SSSR count). The molecule has 2 unspecified atom stereocenters. The molecule has 7 nitrogen and oxygen atoms in total. The van der Waals surface area contributed by atoms with Crippen molar-refractivity contribution in [2.75, 3.05) is 13.7 Å². The zero-order valence-corrected chi connectivity index (χ0v) is 19.2. The number of hydrogen-bond donors (Lipinski definition) is 2. The summed E-state index contributed by atoms with van der Waals surface area (Å²) in [6.07, 6.45) is 0.567. The van der Waals surface area contributed by atoms with E-state index in [-0.39, 0.29) is 24.0 Å². The van der Waals surface area contributed by atoms with Crippen molar-refractivity contribution in [1.82, 2.24) is 10.2 Å². The molecule has 2 aliphatic rings. The number of alkyl carbamates (subject to hydrolysis) is 1. The third kappa shape index (κ3) is 4.45. The highest BCUT2D eigenvalue weighted by Gasteiger charge is 2.44. The van der Waals surface area contributed by atoms with E-state index >= 15 is 0 Å². The number of carbonyl (C=O) groups is 3. The summed E-state index contributed by atoms with van der Waals surface area (Å²) in [5, 5.41) is 11.8. The zero-order valence-electron chi connectivity index (χ0n) is 19.2. The van der Waals surface area contributed by atoms with Gasteiger partial charge in [0.05, 0.1) is 6.42 Å². The Labute approximate surface area is 193 Å². The number of aliphatic carboxylic acids is 1. The molecule has 174 valence electrons. The van der Waals surface area contributed by atoms with E-state index in [0.717, 1.165) is 35.1 Å². The monoisotopic (exact) mass is 450 g/mol. The molecule has 0 heterocycles. The lowest BCUT2D eigenvalue weighted by Gasteiger charge is -2.49. The molecule has 0 bridgehead atoms. The summed E-state index contributed by atoms with van der Waals surface area (Å²) in [4.78, 5) is 38.6. The molecule has 1 saturated carbocycles. The molecule has 2 aromatic rings. The van der Waals surface area contributed by atoms with E-state index in [0.29, 0.717) is 0 Å². The number of nitrogens with zero attached hydrogens (tertiary/aromatic N) is 1. The van der Waals surface area contributed by atoms with Gasteiger partial charge in [-0.25, -0.2) is 4.79 Å². The summed E-state index contributed by atoms with van der Waals surface area (Å²) >= 11 is 0. The van der Waals surface area contributed by atoms with Gasteiger partial charge in [0.1, 0.15) is 12.6 Å². The topological polar surface area (TPSA) is 95.9 Å². The van der Waals surface area contributed by atoms with Gasteiger partial charge in [-0.2, -0.15) is 0 Å². The summed E-state index contributed by atoms with van der Waals surface area (Å²) in [6, 6.07) is 14.8. The van der Waals surface area contributed by atoms with Crippen LogP contribution in [0.3, 0.4) is 0 Å². The number of hydrogen-bond acceptors (Lipinski definition) is 4. The predicted octanol–water partition coefficient (Wildman–Crippen LogP) is 4.02. The Bertz CT molecular complexity index is 1030. The minimum atomic E-state index is -1.18. The van der Waals surface area contributed by atoms with Gasteiger partial charge in [-0.1, -0.05) is 62.4 Å². The van der Waals surface area contributed by atoms with Crippen LogP contribution in [0.15, 0.2) is 48.5 Å². The molecule has 1 fully saturated rings. The van der Waals surface area contributed by atoms with E-state index < -0.39 is 30.4 Å². The minimum absolute atomic E-state index is 0.0191. The third-order valence-electron chi connectivity index (χ3n) is 7.09. The smallest absolute Gasteiger partial charge is 0.407 e. The summed E-state index contributed by atoms with van der Waals surface area (Å²) < 4.78 is 5.51. The Kier molecular flexibility index (Phi) is 6.15. The highest BCUT2D eigenvalue weighted by atomic mass is 16.5. The fraction of sp³-hybridized carbons (Fsp3) is 0.423. The quantitative estimate of drug-likeness (QED) is 0.664. The van der Waals surface area contributed by atoms with Crippen LogP contribution in [0.4, 0.5) is 4.79 Å². The van der Waals surface area contributed by atoms with Crippen molar-refractivity contribution in [2.24, 2.45) is 5.41 Å². The average molecular weight is 451 g/mol. The number of carbonyl (C=O) groups excluding carboxylic acids is 2. The lowest BCUT2D eigenvalue weighted by molar-refractivity contribution is -0.146. The van der Waals surface area contributed by atoms with Gasteiger partial charge in [-0.3, -0.25) is 9.59 Å². The molecule has 2 aliphatic carbocycles. The second-order valence-electron chi connectivity index (χ2n) is 9.61. The van der Waals surface area contributed by atoms with Crippen molar-refractivity contribution in [3.05, 3.63) is 59.7 Å². The Morgan fingerprint density at radius 3 is 2.15 bits per heavy atom. The zero-order chi connectivity index (χ0) is 23.8. The molecule has 0 spiro atoms. The summed E-state index contributed by atoms with van der Waals surface area (Å²) in [6.45, 7) is 4.26. The number of carboxylic acids is 1. The van der Waals surface area contributed by atoms with Gasteiger partial charge in [-0.15, -0.1) is 0 Å².